The van der Waals surface area contributed by atoms with Gasteiger partial charge < -0.3 is 15.1 Å². The number of hydrogen-bond acceptors (Lipinski definition) is 3. The molecule has 0 spiro atoms. The van der Waals surface area contributed by atoms with E-state index in [1.807, 2.05) is 12.1 Å². The average Bonchev–Trinajstić information content (AvgIpc) is 3.00. The molecule has 1 aliphatic carbocycles. The lowest BCUT2D eigenvalue weighted by atomic mass is 9.95. The number of fused-ring (bicyclic) bond motifs is 1. The van der Waals surface area contributed by atoms with Gasteiger partial charge in [-0.15, -0.1) is 11.3 Å². The van der Waals surface area contributed by atoms with Crippen LogP contribution in [0.5, 0.6) is 0 Å². The van der Waals surface area contributed by atoms with Crippen LogP contribution in [0.1, 0.15) is 35.8 Å². The minimum absolute atomic E-state index is 0.0194. The van der Waals surface area contributed by atoms with Gasteiger partial charge in [0, 0.05) is 23.1 Å². The van der Waals surface area contributed by atoms with Gasteiger partial charge in [0.1, 0.15) is 17.4 Å². The molecule has 27 heavy (non-hydrogen) atoms. The molecule has 2 heterocycles. The average molecular weight is 389 g/mol. The molecule has 0 saturated carbocycles. The first-order valence-corrected chi connectivity index (χ1v) is 10.7. The number of carbonyl (C=O) groups is 1. The molecule has 2 N–H and O–H groups in total. The maximum Gasteiger partial charge on any atom is 0.221 e. The number of piperazine rings is 1. The highest BCUT2D eigenvalue weighted by Gasteiger charge is 2.27. The zero-order chi connectivity index (χ0) is 18.8. The number of anilines is 2. The van der Waals surface area contributed by atoms with Crippen LogP contribution in [-0.4, -0.2) is 32.1 Å². The molecular formula is C21H27FN3OS+. The van der Waals surface area contributed by atoms with Crippen molar-refractivity contribution in [2.24, 2.45) is 0 Å². The molecule has 4 nitrogen and oxygen atoms in total. The van der Waals surface area contributed by atoms with Gasteiger partial charge in [-0.05, 0) is 55.5 Å². The normalized spacial score (nSPS) is 17.6. The first-order valence-electron chi connectivity index (χ1n) is 9.85. The van der Waals surface area contributed by atoms with Crippen molar-refractivity contribution in [3.8, 4) is 0 Å². The van der Waals surface area contributed by atoms with Gasteiger partial charge in [-0.1, -0.05) is 0 Å². The summed E-state index contributed by atoms with van der Waals surface area (Å²) in [5.41, 5.74) is 3.97. The largest absolute Gasteiger partial charge is 0.360 e. The molecule has 1 aromatic carbocycles. The third-order valence-electron chi connectivity index (χ3n) is 5.66. The standard InChI is InChI=1S/C21H26FN3OS/c1-15(26)23-21-19(18-4-2-3-5-20(18)27-21)14-24-10-12-25(13-11-24)17-8-6-16(22)7-9-17/h6-9H,2-5,10-14H2,1H3,(H,23,26)/p+1. The Hall–Kier alpha value is -1.92. The lowest BCUT2D eigenvalue weighted by Crippen LogP contribution is -3.13. The monoisotopic (exact) mass is 388 g/mol. The lowest BCUT2D eigenvalue weighted by Gasteiger charge is -2.34. The van der Waals surface area contributed by atoms with Gasteiger partial charge in [-0.3, -0.25) is 4.79 Å². The van der Waals surface area contributed by atoms with Crippen LogP contribution < -0.4 is 15.1 Å². The first kappa shape index (κ1) is 18.4. The van der Waals surface area contributed by atoms with Gasteiger partial charge in [0.15, 0.2) is 0 Å². The maximum absolute atomic E-state index is 13.1. The summed E-state index contributed by atoms with van der Waals surface area (Å²) in [6.45, 7) is 6.64. The highest BCUT2D eigenvalue weighted by molar-refractivity contribution is 7.16. The molecule has 4 rings (SSSR count). The molecule has 0 bridgehead atoms. The van der Waals surface area contributed by atoms with Crippen molar-refractivity contribution in [1.82, 2.24) is 0 Å². The molecule has 1 saturated heterocycles. The number of thiophene rings is 1. The number of amides is 1. The van der Waals surface area contributed by atoms with E-state index >= 15 is 0 Å². The summed E-state index contributed by atoms with van der Waals surface area (Å²) in [7, 11) is 0. The number of rotatable bonds is 4. The Kier molecular flexibility index (Phi) is 5.45. The van der Waals surface area contributed by atoms with Crippen molar-refractivity contribution >= 4 is 27.9 Å². The Bertz CT molecular complexity index is 810. The summed E-state index contributed by atoms with van der Waals surface area (Å²) in [4.78, 5) is 17.0. The number of nitrogens with one attached hydrogen (secondary N) is 2. The molecule has 0 unspecified atom stereocenters. The molecule has 2 aromatic rings. The molecule has 0 radical (unpaired) electrons. The van der Waals surface area contributed by atoms with Crippen molar-refractivity contribution < 1.29 is 14.1 Å². The summed E-state index contributed by atoms with van der Waals surface area (Å²) < 4.78 is 13.1. The Morgan fingerprint density at radius 1 is 1.19 bits per heavy atom. The van der Waals surface area contributed by atoms with Gasteiger partial charge in [0.25, 0.3) is 0 Å². The van der Waals surface area contributed by atoms with Crippen molar-refractivity contribution in [3.63, 3.8) is 0 Å². The Morgan fingerprint density at radius 2 is 1.89 bits per heavy atom. The first-order chi connectivity index (χ1) is 13.1. The third-order valence-corrected chi connectivity index (χ3v) is 6.91. The molecule has 144 valence electrons. The second-order valence-electron chi connectivity index (χ2n) is 7.59. The van der Waals surface area contributed by atoms with Gasteiger partial charge in [0.2, 0.25) is 5.91 Å². The number of halogens is 1. The Morgan fingerprint density at radius 3 is 2.59 bits per heavy atom. The summed E-state index contributed by atoms with van der Waals surface area (Å²) in [5, 5.41) is 4.15. The highest BCUT2D eigenvalue weighted by atomic mass is 32.1. The Labute approximate surface area is 164 Å². The van der Waals surface area contributed by atoms with Crippen LogP contribution in [0.2, 0.25) is 0 Å². The van der Waals surface area contributed by atoms with Gasteiger partial charge in [-0.25, -0.2) is 4.39 Å². The number of carbonyl (C=O) groups excluding carboxylic acids is 1. The van der Waals surface area contributed by atoms with E-state index < -0.39 is 0 Å². The summed E-state index contributed by atoms with van der Waals surface area (Å²) in [6, 6.07) is 6.80. The predicted octanol–water partition coefficient (Wildman–Crippen LogP) is 2.63. The van der Waals surface area contributed by atoms with E-state index in [0.29, 0.717) is 0 Å². The Balaban J connectivity index is 1.45. The fraction of sp³-hybridized carbons (Fsp3) is 0.476. The number of nitrogens with zero attached hydrogens (tertiary/aromatic N) is 1. The molecule has 1 fully saturated rings. The minimum Gasteiger partial charge on any atom is -0.360 e. The van der Waals surface area contributed by atoms with E-state index in [9.17, 15) is 9.18 Å². The van der Waals surface area contributed by atoms with Crippen LogP contribution in [-0.2, 0) is 24.2 Å². The fourth-order valence-corrected chi connectivity index (χ4v) is 5.59. The topological polar surface area (TPSA) is 36.8 Å². The quantitative estimate of drug-likeness (QED) is 0.845. The molecule has 0 atom stereocenters. The van der Waals surface area contributed by atoms with E-state index in [4.69, 9.17) is 0 Å². The second kappa shape index (κ2) is 7.98. The van der Waals surface area contributed by atoms with Crippen molar-refractivity contribution in [3.05, 3.63) is 46.1 Å². The number of aryl methyl sites for hydroxylation is 1. The van der Waals surface area contributed by atoms with Crippen LogP contribution in [0, 0.1) is 5.82 Å². The number of hydrogen-bond donors (Lipinski definition) is 2. The summed E-state index contributed by atoms with van der Waals surface area (Å²) in [6.07, 6.45) is 4.82. The van der Waals surface area contributed by atoms with E-state index in [2.05, 4.69) is 10.2 Å². The van der Waals surface area contributed by atoms with Crippen molar-refractivity contribution in [2.45, 2.75) is 39.2 Å². The smallest absolute Gasteiger partial charge is 0.221 e. The summed E-state index contributed by atoms with van der Waals surface area (Å²) >= 11 is 1.79. The van der Waals surface area contributed by atoms with Gasteiger partial charge >= 0.3 is 0 Å². The van der Waals surface area contributed by atoms with E-state index in [0.717, 1.165) is 56.3 Å². The molecule has 6 heteroatoms. The zero-order valence-corrected chi connectivity index (χ0v) is 16.6. The lowest BCUT2D eigenvalue weighted by molar-refractivity contribution is -0.914. The second-order valence-corrected chi connectivity index (χ2v) is 8.70. The van der Waals surface area contributed by atoms with Crippen molar-refractivity contribution in [1.29, 1.82) is 0 Å². The predicted molar refractivity (Wildman–Crippen MR) is 108 cm³/mol. The maximum atomic E-state index is 13.1. The molecule has 1 amide bonds. The molecule has 1 aromatic heterocycles. The van der Waals surface area contributed by atoms with E-state index in [1.54, 1.807) is 23.2 Å². The molecular weight excluding hydrogens is 361 g/mol. The zero-order valence-electron chi connectivity index (χ0n) is 15.8. The number of quaternary nitrogens is 1. The third kappa shape index (κ3) is 4.17. The minimum atomic E-state index is -0.184. The number of benzene rings is 1. The van der Waals surface area contributed by atoms with E-state index in [1.165, 1.54) is 41.0 Å². The molecule has 2 aliphatic rings. The van der Waals surface area contributed by atoms with Crippen LogP contribution in [0.3, 0.4) is 0 Å². The fourth-order valence-electron chi connectivity index (χ4n) is 4.24. The van der Waals surface area contributed by atoms with E-state index in [-0.39, 0.29) is 11.7 Å². The van der Waals surface area contributed by atoms with Crippen molar-refractivity contribution in [2.75, 3.05) is 36.4 Å². The van der Waals surface area contributed by atoms with Gasteiger partial charge in [-0.2, -0.15) is 0 Å². The van der Waals surface area contributed by atoms with Crippen LogP contribution >= 0.6 is 11.3 Å². The van der Waals surface area contributed by atoms with Crippen LogP contribution in [0.4, 0.5) is 15.1 Å². The van der Waals surface area contributed by atoms with Crippen LogP contribution in [0.15, 0.2) is 24.3 Å². The molecule has 1 aliphatic heterocycles. The summed E-state index contributed by atoms with van der Waals surface area (Å²) in [5.74, 6) is -0.165. The van der Waals surface area contributed by atoms with Crippen LogP contribution in [0.25, 0.3) is 0 Å². The highest BCUT2D eigenvalue weighted by Crippen LogP contribution is 2.37. The van der Waals surface area contributed by atoms with Gasteiger partial charge in [0.05, 0.1) is 26.2 Å². The SMILES string of the molecule is CC(=O)Nc1sc2c(c1C[NH+]1CCN(c3ccc(F)cc3)CC1)CCCC2.